The molecule has 3 aromatic rings. The van der Waals surface area contributed by atoms with E-state index in [0.29, 0.717) is 5.19 Å². The zero-order valence-corrected chi connectivity index (χ0v) is 13.0. The van der Waals surface area contributed by atoms with Gasteiger partial charge in [-0.1, -0.05) is 39.4 Å². The summed E-state index contributed by atoms with van der Waals surface area (Å²) in [4.78, 5) is 5.58. The Morgan fingerprint density at radius 2 is 1.79 bits per heavy atom. The van der Waals surface area contributed by atoms with Crippen LogP contribution in [-0.4, -0.2) is 4.98 Å². The number of rotatable bonds is 2. The first-order chi connectivity index (χ1) is 9.11. The van der Waals surface area contributed by atoms with Crippen molar-refractivity contribution in [3.63, 3.8) is 0 Å². The molecule has 0 aliphatic rings. The first-order valence-electron chi connectivity index (χ1n) is 5.93. The lowest BCUT2D eigenvalue weighted by Crippen LogP contribution is -1.84. The first-order valence-corrected chi connectivity index (χ1v) is 7.54. The highest BCUT2D eigenvalue weighted by molar-refractivity contribution is 9.10. The quantitative estimate of drug-likeness (QED) is 0.620. The van der Waals surface area contributed by atoms with E-state index in [0.717, 1.165) is 21.3 Å². The second-order valence-electron chi connectivity index (χ2n) is 4.38. The van der Waals surface area contributed by atoms with Gasteiger partial charge < -0.3 is 4.74 Å². The number of aryl methyl sites for hydroxylation is 2. The Labute approximate surface area is 124 Å². The molecule has 0 saturated heterocycles. The van der Waals surface area contributed by atoms with Gasteiger partial charge in [0.2, 0.25) is 0 Å². The van der Waals surface area contributed by atoms with Crippen molar-refractivity contribution in [1.29, 1.82) is 0 Å². The lowest BCUT2D eigenvalue weighted by Gasteiger charge is -2.04. The zero-order chi connectivity index (χ0) is 13.4. The van der Waals surface area contributed by atoms with Crippen LogP contribution in [0.15, 0.2) is 40.9 Å². The van der Waals surface area contributed by atoms with Crippen LogP contribution in [0.25, 0.3) is 10.8 Å². The Kier molecular flexibility index (Phi) is 3.29. The van der Waals surface area contributed by atoms with Crippen LogP contribution in [0.1, 0.15) is 10.6 Å². The van der Waals surface area contributed by atoms with Gasteiger partial charge >= 0.3 is 0 Å². The van der Waals surface area contributed by atoms with Gasteiger partial charge in [0.25, 0.3) is 5.19 Å². The Hall–Kier alpha value is -1.39. The lowest BCUT2D eigenvalue weighted by atomic mass is 10.1. The van der Waals surface area contributed by atoms with E-state index in [1.807, 2.05) is 25.1 Å². The summed E-state index contributed by atoms with van der Waals surface area (Å²) in [7, 11) is 0. The minimum atomic E-state index is 0.700. The van der Waals surface area contributed by atoms with Gasteiger partial charge in [0, 0.05) is 9.35 Å². The topological polar surface area (TPSA) is 22.1 Å². The second-order valence-corrected chi connectivity index (χ2v) is 6.46. The van der Waals surface area contributed by atoms with E-state index in [2.05, 4.69) is 46.0 Å². The molecule has 0 fully saturated rings. The standard InChI is InChI=1S/C15H12BrNOS/c1-9-10(2)19-15(17-9)18-14-6-4-11-7-13(16)5-3-12(11)8-14/h3-8H,1-2H3. The fraction of sp³-hybridized carbons (Fsp3) is 0.133. The van der Waals surface area contributed by atoms with Gasteiger partial charge in [-0.15, -0.1) is 0 Å². The van der Waals surface area contributed by atoms with Crippen molar-refractivity contribution in [1.82, 2.24) is 4.98 Å². The van der Waals surface area contributed by atoms with Crippen molar-refractivity contribution in [3.8, 4) is 10.9 Å². The minimum Gasteiger partial charge on any atom is -0.431 e. The molecule has 3 rings (SSSR count). The molecule has 1 heterocycles. The largest absolute Gasteiger partial charge is 0.431 e. The maximum atomic E-state index is 5.81. The number of aromatic nitrogens is 1. The van der Waals surface area contributed by atoms with E-state index in [-0.39, 0.29) is 0 Å². The maximum Gasteiger partial charge on any atom is 0.279 e. The molecule has 2 aromatic carbocycles. The average molecular weight is 334 g/mol. The third kappa shape index (κ3) is 2.65. The Balaban J connectivity index is 1.95. The molecule has 0 bridgehead atoms. The molecule has 0 N–H and O–H groups in total. The van der Waals surface area contributed by atoms with Crippen molar-refractivity contribution < 1.29 is 4.74 Å². The molecule has 0 amide bonds. The molecule has 0 unspecified atom stereocenters. The Morgan fingerprint density at radius 1 is 1.05 bits per heavy atom. The predicted octanol–water partition coefficient (Wildman–Crippen LogP) is 5.47. The van der Waals surface area contributed by atoms with Crippen molar-refractivity contribution in [2.75, 3.05) is 0 Å². The Bertz CT molecular complexity index is 731. The van der Waals surface area contributed by atoms with E-state index >= 15 is 0 Å². The fourth-order valence-electron chi connectivity index (χ4n) is 1.85. The van der Waals surface area contributed by atoms with Crippen molar-refractivity contribution >= 4 is 38.0 Å². The molecular weight excluding hydrogens is 322 g/mol. The van der Waals surface area contributed by atoms with Crippen molar-refractivity contribution in [3.05, 3.63) is 51.4 Å². The highest BCUT2D eigenvalue weighted by Gasteiger charge is 2.06. The molecule has 2 nitrogen and oxygen atoms in total. The highest BCUT2D eigenvalue weighted by Crippen LogP contribution is 2.30. The SMILES string of the molecule is Cc1nc(Oc2ccc3cc(Br)ccc3c2)sc1C. The van der Waals surface area contributed by atoms with E-state index in [1.165, 1.54) is 10.3 Å². The van der Waals surface area contributed by atoms with Crippen molar-refractivity contribution in [2.24, 2.45) is 0 Å². The third-order valence-electron chi connectivity index (χ3n) is 2.99. The number of nitrogens with zero attached hydrogens (tertiary/aromatic N) is 1. The number of benzene rings is 2. The monoisotopic (exact) mass is 333 g/mol. The number of fused-ring (bicyclic) bond motifs is 1. The van der Waals surface area contributed by atoms with Gasteiger partial charge in [-0.2, -0.15) is 0 Å². The van der Waals surface area contributed by atoms with Crippen LogP contribution in [0.5, 0.6) is 10.9 Å². The average Bonchev–Trinajstić information content (AvgIpc) is 2.68. The summed E-state index contributed by atoms with van der Waals surface area (Å²) in [6.07, 6.45) is 0. The van der Waals surface area contributed by atoms with Gasteiger partial charge in [-0.3, -0.25) is 0 Å². The smallest absolute Gasteiger partial charge is 0.279 e. The number of hydrogen-bond acceptors (Lipinski definition) is 3. The van der Waals surface area contributed by atoms with E-state index in [1.54, 1.807) is 11.3 Å². The predicted molar refractivity (Wildman–Crippen MR) is 83.3 cm³/mol. The fourth-order valence-corrected chi connectivity index (χ4v) is 3.00. The third-order valence-corrected chi connectivity index (χ3v) is 4.43. The first kappa shape index (κ1) is 12.6. The molecule has 4 heteroatoms. The normalized spacial score (nSPS) is 10.9. The van der Waals surface area contributed by atoms with E-state index in [4.69, 9.17) is 4.74 Å². The zero-order valence-electron chi connectivity index (χ0n) is 10.6. The van der Waals surface area contributed by atoms with E-state index in [9.17, 15) is 0 Å². The number of halogens is 1. The van der Waals surface area contributed by atoms with Crippen LogP contribution in [-0.2, 0) is 0 Å². The molecule has 96 valence electrons. The molecule has 0 spiro atoms. The number of hydrogen-bond donors (Lipinski definition) is 0. The summed E-state index contributed by atoms with van der Waals surface area (Å²) in [5, 5.41) is 3.05. The van der Waals surface area contributed by atoms with Crippen LogP contribution in [0.3, 0.4) is 0 Å². The maximum absolute atomic E-state index is 5.81. The number of thiazole rings is 1. The molecule has 1 aromatic heterocycles. The van der Waals surface area contributed by atoms with Gasteiger partial charge in [-0.25, -0.2) is 4.98 Å². The van der Waals surface area contributed by atoms with E-state index < -0.39 is 0 Å². The molecule has 0 saturated carbocycles. The number of ether oxygens (including phenoxy) is 1. The van der Waals surface area contributed by atoms with Gasteiger partial charge in [-0.05, 0) is 48.9 Å². The molecule has 19 heavy (non-hydrogen) atoms. The summed E-state index contributed by atoms with van der Waals surface area (Å²) in [5.41, 5.74) is 1.03. The van der Waals surface area contributed by atoms with Crippen LogP contribution < -0.4 is 4.74 Å². The lowest BCUT2D eigenvalue weighted by molar-refractivity contribution is 0.478. The van der Waals surface area contributed by atoms with Crippen molar-refractivity contribution in [2.45, 2.75) is 13.8 Å². The molecule has 0 aliphatic heterocycles. The summed E-state index contributed by atoms with van der Waals surface area (Å²) in [5.74, 6) is 0.823. The highest BCUT2D eigenvalue weighted by atomic mass is 79.9. The molecule has 0 radical (unpaired) electrons. The van der Waals surface area contributed by atoms with Gasteiger partial charge in [0.05, 0.1) is 5.69 Å². The van der Waals surface area contributed by atoms with Crippen LogP contribution in [0.2, 0.25) is 0 Å². The van der Waals surface area contributed by atoms with Crippen LogP contribution >= 0.6 is 27.3 Å². The van der Waals surface area contributed by atoms with Crippen LogP contribution in [0, 0.1) is 13.8 Å². The van der Waals surface area contributed by atoms with Crippen LogP contribution in [0.4, 0.5) is 0 Å². The van der Waals surface area contributed by atoms with Gasteiger partial charge in [0.15, 0.2) is 0 Å². The summed E-state index contributed by atoms with van der Waals surface area (Å²) in [6.45, 7) is 4.05. The molecular formula is C15H12BrNOS. The summed E-state index contributed by atoms with van der Waals surface area (Å²) < 4.78 is 6.90. The van der Waals surface area contributed by atoms with Gasteiger partial charge in [0.1, 0.15) is 5.75 Å². The minimum absolute atomic E-state index is 0.700. The summed E-state index contributed by atoms with van der Waals surface area (Å²) in [6, 6.07) is 12.3. The molecule has 0 atom stereocenters. The molecule has 0 aliphatic carbocycles. The summed E-state index contributed by atoms with van der Waals surface area (Å²) >= 11 is 5.05. The Morgan fingerprint density at radius 3 is 2.53 bits per heavy atom. The second kappa shape index (κ2) is 4.94.